The summed E-state index contributed by atoms with van der Waals surface area (Å²) in [6.45, 7) is 5.66. The smallest absolute Gasteiger partial charge is 0.109 e. The molecule has 0 aliphatic carbocycles. The summed E-state index contributed by atoms with van der Waals surface area (Å²) in [5.41, 5.74) is 1.51. The molecule has 124 valence electrons. The third-order valence-electron chi connectivity index (χ3n) is 4.99. The lowest BCUT2D eigenvalue weighted by atomic mass is 9.71. The molecule has 3 nitrogen and oxygen atoms in total. The first-order valence-corrected chi connectivity index (χ1v) is 8.60. The van der Waals surface area contributed by atoms with E-state index in [2.05, 4.69) is 42.2 Å². The van der Waals surface area contributed by atoms with E-state index in [1.54, 1.807) is 0 Å². The van der Waals surface area contributed by atoms with Crippen molar-refractivity contribution < 1.29 is 4.74 Å². The number of benzene rings is 2. The molecule has 0 N–H and O–H groups in total. The van der Waals surface area contributed by atoms with Gasteiger partial charge in [0.2, 0.25) is 0 Å². The Balaban J connectivity index is 1.97. The Bertz CT molecular complexity index is 632. The molecular weight excluding hydrogens is 296 g/mol. The van der Waals surface area contributed by atoms with E-state index in [9.17, 15) is 5.26 Å². The lowest BCUT2D eigenvalue weighted by molar-refractivity contribution is 0.0164. The van der Waals surface area contributed by atoms with Gasteiger partial charge in [-0.15, -0.1) is 0 Å². The number of nitriles is 1. The molecule has 1 atom stereocenters. The minimum atomic E-state index is -0.625. The summed E-state index contributed by atoms with van der Waals surface area (Å²) in [7, 11) is 0. The van der Waals surface area contributed by atoms with Crippen molar-refractivity contribution in [2.45, 2.75) is 24.8 Å². The number of nitrogens with zero attached hydrogens (tertiary/aromatic N) is 2. The molecule has 3 rings (SSSR count). The third-order valence-corrected chi connectivity index (χ3v) is 4.99. The van der Waals surface area contributed by atoms with Crippen molar-refractivity contribution >= 4 is 0 Å². The highest BCUT2D eigenvalue weighted by Gasteiger charge is 2.37. The van der Waals surface area contributed by atoms with Gasteiger partial charge in [0, 0.05) is 19.1 Å². The maximum absolute atomic E-state index is 10.2. The SMILES string of the molecule is CC(CC(C#N)(c1ccccc1)c1ccccc1)N1CCOCC1. The van der Waals surface area contributed by atoms with Gasteiger partial charge >= 0.3 is 0 Å². The van der Waals surface area contributed by atoms with Gasteiger partial charge in [0.05, 0.1) is 19.3 Å². The summed E-state index contributed by atoms with van der Waals surface area (Å²) >= 11 is 0. The van der Waals surface area contributed by atoms with E-state index in [1.807, 2.05) is 36.4 Å². The highest BCUT2D eigenvalue weighted by molar-refractivity contribution is 5.46. The Hall–Kier alpha value is -2.15. The first kappa shape index (κ1) is 16.7. The summed E-state index contributed by atoms with van der Waals surface area (Å²) in [5, 5.41) is 10.2. The van der Waals surface area contributed by atoms with Crippen molar-refractivity contribution in [2.24, 2.45) is 0 Å². The van der Waals surface area contributed by atoms with Crippen LogP contribution in [0.2, 0.25) is 0 Å². The maximum atomic E-state index is 10.2. The van der Waals surface area contributed by atoms with Gasteiger partial charge in [-0.1, -0.05) is 60.7 Å². The Morgan fingerprint density at radius 3 is 1.96 bits per heavy atom. The van der Waals surface area contributed by atoms with Crippen LogP contribution in [0.25, 0.3) is 0 Å². The molecule has 0 radical (unpaired) electrons. The summed E-state index contributed by atoms with van der Waals surface area (Å²) < 4.78 is 5.47. The molecule has 2 aromatic rings. The fraction of sp³-hybridized carbons (Fsp3) is 0.381. The first-order valence-electron chi connectivity index (χ1n) is 8.60. The second kappa shape index (κ2) is 7.61. The van der Waals surface area contributed by atoms with E-state index in [0.29, 0.717) is 6.04 Å². The van der Waals surface area contributed by atoms with Crippen LogP contribution in [0.4, 0.5) is 0 Å². The van der Waals surface area contributed by atoms with Crippen LogP contribution in [0.3, 0.4) is 0 Å². The lowest BCUT2D eigenvalue weighted by Gasteiger charge is -2.37. The minimum absolute atomic E-state index is 0.314. The van der Waals surface area contributed by atoms with Gasteiger partial charge in [-0.2, -0.15) is 5.26 Å². The summed E-state index contributed by atoms with van der Waals surface area (Å²) in [6.07, 6.45) is 0.775. The molecule has 2 aromatic carbocycles. The van der Waals surface area contributed by atoms with E-state index in [-0.39, 0.29) is 0 Å². The molecule has 1 saturated heterocycles. The zero-order valence-electron chi connectivity index (χ0n) is 14.2. The average Bonchev–Trinajstić information content (AvgIpc) is 2.68. The van der Waals surface area contributed by atoms with Crippen molar-refractivity contribution in [3.05, 3.63) is 71.8 Å². The number of morpholine rings is 1. The van der Waals surface area contributed by atoms with Crippen LogP contribution in [0, 0.1) is 11.3 Å². The summed E-state index contributed by atoms with van der Waals surface area (Å²) in [5.74, 6) is 0. The molecule has 24 heavy (non-hydrogen) atoms. The largest absolute Gasteiger partial charge is 0.379 e. The van der Waals surface area contributed by atoms with Crippen molar-refractivity contribution in [2.75, 3.05) is 26.3 Å². The Kier molecular flexibility index (Phi) is 5.30. The first-order chi connectivity index (χ1) is 11.8. The average molecular weight is 320 g/mol. The second-order valence-corrected chi connectivity index (χ2v) is 6.45. The second-order valence-electron chi connectivity index (χ2n) is 6.45. The monoisotopic (exact) mass is 320 g/mol. The van der Waals surface area contributed by atoms with E-state index < -0.39 is 5.41 Å². The van der Waals surface area contributed by atoms with Gasteiger partial charge in [-0.25, -0.2) is 0 Å². The molecule has 0 saturated carbocycles. The van der Waals surface area contributed by atoms with Crippen molar-refractivity contribution in [3.63, 3.8) is 0 Å². The number of hydrogen-bond acceptors (Lipinski definition) is 3. The van der Waals surface area contributed by atoms with E-state index in [1.165, 1.54) is 0 Å². The molecule has 0 amide bonds. The van der Waals surface area contributed by atoms with Crippen molar-refractivity contribution in [3.8, 4) is 6.07 Å². The van der Waals surface area contributed by atoms with Gasteiger partial charge in [-0.3, -0.25) is 4.90 Å². The van der Waals surface area contributed by atoms with Crippen LogP contribution in [-0.4, -0.2) is 37.2 Å². The highest BCUT2D eigenvalue weighted by atomic mass is 16.5. The van der Waals surface area contributed by atoms with Gasteiger partial charge in [-0.05, 0) is 24.5 Å². The highest BCUT2D eigenvalue weighted by Crippen LogP contribution is 2.37. The zero-order chi connectivity index (χ0) is 16.8. The maximum Gasteiger partial charge on any atom is 0.109 e. The van der Waals surface area contributed by atoms with Crippen LogP contribution in [0.1, 0.15) is 24.5 Å². The van der Waals surface area contributed by atoms with Gasteiger partial charge in [0.1, 0.15) is 5.41 Å². The van der Waals surface area contributed by atoms with E-state index >= 15 is 0 Å². The zero-order valence-corrected chi connectivity index (χ0v) is 14.2. The fourth-order valence-corrected chi connectivity index (χ4v) is 3.61. The van der Waals surface area contributed by atoms with Crippen molar-refractivity contribution in [1.82, 2.24) is 4.90 Å². The Morgan fingerprint density at radius 2 is 1.50 bits per heavy atom. The van der Waals surface area contributed by atoms with Gasteiger partial charge < -0.3 is 4.74 Å². The lowest BCUT2D eigenvalue weighted by Crippen LogP contribution is -2.45. The molecule has 0 aromatic heterocycles. The minimum Gasteiger partial charge on any atom is -0.379 e. The molecule has 0 spiro atoms. The van der Waals surface area contributed by atoms with Crippen LogP contribution >= 0.6 is 0 Å². The van der Waals surface area contributed by atoms with Gasteiger partial charge in [0.25, 0.3) is 0 Å². The number of ether oxygens (including phenoxy) is 1. The molecule has 1 fully saturated rings. The Morgan fingerprint density at radius 1 is 1.00 bits per heavy atom. The molecule has 3 heteroatoms. The topological polar surface area (TPSA) is 36.3 Å². The third kappa shape index (κ3) is 3.36. The van der Waals surface area contributed by atoms with Gasteiger partial charge in [0.15, 0.2) is 0 Å². The van der Waals surface area contributed by atoms with Crippen LogP contribution in [0.5, 0.6) is 0 Å². The number of hydrogen-bond donors (Lipinski definition) is 0. The fourth-order valence-electron chi connectivity index (χ4n) is 3.61. The van der Waals surface area contributed by atoms with Crippen molar-refractivity contribution in [1.29, 1.82) is 5.26 Å². The molecule has 0 bridgehead atoms. The van der Waals surface area contributed by atoms with E-state index in [4.69, 9.17) is 4.74 Å². The van der Waals surface area contributed by atoms with Crippen LogP contribution in [0.15, 0.2) is 60.7 Å². The number of rotatable bonds is 5. The molecule has 1 heterocycles. The molecular formula is C21H24N2O. The Labute approximate surface area is 144 Å². The van der Waals surface area contributed by atoms with Crippen LogP contribution < -0.4 is 0 Å². The standard InChI is InChI=1S/C21H24N2O/c1-18(23-12-14-24-15-13-23)16-21(17-22,19-8-4-2-5-9-19)20-10-6-3-7-11-20/h2-11,18H,12-16H2,1H3. The van der Waals surface area contributed by atoms with E-state index in [0.717, 1.165) is 43.9 Å². The quantitative estimate of drug-likeness (QED) is 0.844. The summed E-state index contributed by atoms with van der Waals surface area (Å²) in [6, 6.07) is 23.3. The normalized spacial score (nSPS) is 17.2. The predicted molar refractivity (Wildman–Crippen MR) is 95.7 cm³/mol. The predicted octanol–water partition coefficient (Wildman–Crippen LogP) is 3.61. The molecule has 1 aliphatic heterocycles. The van der Waals surface area contributed by atoms with Crippen LogP contribution in [-0.2, 0) is 10.2 Å². The molecule has 1 aliphatic rings. The molecule has 1 unspecified atom stereocenters. The summed E-state index contributed by atoms with van der Waals surface area (Å²) in [4.78, 5) is 2.43.